The van der Waals surface area contributed by atoms with E-state index >= 15 is 0 Å². The number of carbonyl (C=O) groups is 1. The van der Waals surface area contributed by atoms with Crippen LogP contribution in [0, 0.1) is 10.1 Å². The van der Waals surface area contributed by atoms with Crippen LogP contribution in [0.2, 0.25) is 0 Å². The molecule has 0 aliphatic rings. The Morgan fingerprint density at radius 1 is 1.15 bits per heavy atom. The number of nitro groups is 1. The summed E-state index contributed by atoms with van der Waals surface area (Å²) in [4.78, 5) is 24.7. The molecule has 7 nitrogen and oxygen atoms in total. The van der Waals surface area contributed by atoms with Crippen LogP contribution in [0.1, 0.15) is 30.5 Å². The molecule has 0 N–H and O–H groups in total. The second-order valence-corrected chi connectivity index (χ2v) is 6.22. The van der Waals surface area contributed by atoms with Crippen molar-refractivity contribution >= 4 is 11.6 Å². The molecule has 2 rings (SSSR count). The van der Waals surface area contributed by atoms with Crippen LogP contribution in [0.5, 0.6) is 11.5 Å². The highest BCUT2D eigenvalue weighted by Gasteiger charge is 2.19. The van der Waals surface area contributed by atoms with Gasteiger partial charge in [-0.2, -0.15) is 0 Å². The molecule has 144 valence electrons. The molecule has 0 fully saturated rings. The van der Waals surface area contributed by atoms with Crippen molar-refractivity contribution in [2.45, 2.75) is 25.8 Å². The maximum absolute atomic E-state index is 12.6. The van der Waals surface area contributed by atoms with Crippen LogP contribution < -0.4 is 9.47 Å². The van der Waals surface area contributed by atoms with E-state index in [2.05, 4.69) is 0 Å². The van der Waals surface area contributed by atoms with Crippen molar-refractivity contribution in [2.75, 3.05) is 21.3 Å². The van der Waals surface area contributed by atoms with Crippen molar-refractivity contribution in [1.82, 2.24) is 4.90 Å². The Hall–Kier alpha value is -3.09. The summed E-state index contributed by atoms with van der Waals surface area (Å²) in [7, 11) is 4.85. The van der Waals surface area contributed by atoms with Gasteiger partial charge in [-0.25, -0.2) is 0 Å². The van der Waals surface area contributed by atoms with Crippen LogP contribution >= 0.6 is 0 Å². The summed E-state index contributed by atoms with van der Waals surface area (Å²) >= 11 is 0. The standard InChI is InChI=1S/C20H24N2O5/c1-14(16-6-5-7-17(13-16)22(24)25)21(2)20(23)11-9-15-8-10-18(26-3)19(12-15)27-4/h5-8,10,12-14H,9,11H2,1-4H3/t14-/m0/s1. The number of hydrogen-bond donors (Lipinski definition) is 0. The quantitative estimate of drug-likeness (QED) is 0.520. The lowest BCUT2D eigenvalue weighted by atomic mass is 10.0. The molecule has 0 spiro atoms. The van der Waals surface area contributed by atoms with E-state index in [1.165, 1.54) is 12.1 Å². The number of hydrogen-bond acceptors (Lipinski definition) is 5. The number of rotatable bonds is 8. The summed E-state index contributed by atoms with van der Waals surface area (Å²) in [6.07, 6.45) is 0.885. The summed E-state index contributed by atoms with van der Waals surface area (Å²) in [5, 5.41) is 10.9. The van der Waals surface area contributed by atoms with Crippen molar-refractivity contribution in [3.8, 4) is 11.5 Å². The van der Waals surface area contributed by atoms with Crippen LogP contribution in [0.4, 0.5) is 5.69 Å². The van der Waals surface area contributed by atoms with Gasteiger partial charge in [0.25, 0.3) is 5.69 Å². The van der Waals surface area contributed by atoms with E-state index in [0.29, 0.717) is 24.3 Å². The van der Waals surface area contributed by atoms with Gasteiger partial charge in [0.2, 0.25) is 5.91 Å². The van der Waals surface area contributed by atoms with Crippen LogP contribution in [-0.2, 0) is 11.2 Å². The highest BCUT2D eigenvalue weighted by atomic mass is 16.6. The average Bonchev–Trinajstić information content (AvgIpc) is 2.70. The molecule has 0 saturated carbocycles. The molecule has 1 atom stereocenters. The molecule has 0 aliphatic heterocycles. The third-order valence-electron chi connectivity index (χ3n) is 4.61. The number of aryl methyl sites for hydroxylation is 1. The van der Waals surface area contributed by atoms with Crippen LogP contribution in [0.15, 0.2) is 42.5 Å². The maximum Gasteiger partial charge on any atom is 0.269 e. The molecule has 0 bridgehead atoms. The molecule has 7 heteroatoms. The number of nitrogens with zero attached hydrogens (tertiary/aromatic N) is 2. The SMILES string of the molecule is COc1ccc(CCC(=O)N(C)[C@@H](C)c2cccc([N+](=O)[O-])c2)cc1OC. The molecule has 2 aromatic carbocycles. The number of benzene rings is 2. The smallest absolute Gasteiger partial charge is 0.269 e. The molecule has 1 amide bonds. The number of methoxy groups -OCH3 is 2. The van der Waals surface area contributed by atoms with Crippen molar-refractivity contribution in [3.05, 3.63) is 63.7 Å². The minimum atomic E-state index is -0.435. The second-order valence-electron chi connectivity index (χ2n) is 6.22. The predicted molar refractivity (Wildman–Crippen MR) is 102 cm³/mol. The lowest BCUT2D eigenvalue weighted by Crippen LogP contribution is -2.29. The topological polar surface area (TPSA) is 81.9 Å². The Morgan fingerprint density at radius 2 is 1.85 bits per heavy atom. The molecular formula is C20H24N2O5. The number of non-ortho nitro benzene ring substituents is 1. The van der Waals surface area contributed by atoms with Gasteiger partial charge in [-0.15, -0.1) is 0 Å². The first-order valence-electron chi connectivity index (χ1n) is 8.58. The molecule has 0 aliphatic carbocycles. The number of amides is 1. The van der Waals surface area contributed by atoms with E-state index in [-0.39, 0.29) is 17.6 Å². The summed E-state index contributed by atoms with van der Waals surface area (Å²) in [5.41, 5.74) is 1.72. The first-order chi connectivity index (χ1) is 12.9. The molecule has 27 heavy (non-hydrogen) atoms. The van der Waals surface area contributed by atoms with Crippen molar-refractivity contribution in [2.24, 2.45) is 0 Å². The van der Waals surface area contributed by atoms with Gasteiger partial charge in [-0.3, -0.25) is 14.9 Å². The van der Waals surface area contributed by atoms with Gasteiger partial charge in [0, 0.05) is 25.6 Å². The van der Waals surface area contributed by atoms with Gasteiger partial charge in [-0.1, -0.05) is 18.2 Å². The minimum Gasteiger partial charge on any atom is -0.493 e. The van der Waals surface area contributed by atoms with E-state index in [9.17, 15) is 14.9 Å². The number of nitro benzene ring substituents is 1. The fraction of sp³-hybridized carbons (Fsp3) is 0.350. The fourth-order valence-electron chi connectivity index (χ4n) is 2.80. The first kappa shape index (κ1) is 20.2. The molecule has 0 saturated heterocycles. The lowest BCUT2D eigenvalue weighted by molar-refractivity contribution is -0.384. The summed E-state index contributed by atoms with van der Waals surface area (Å²) in [6, 6.07) is 11.7. The number of ether oxygens (including phenoxy) is 2. The normalized spacial score (nSPS) is 11.6. The van der Waals surface area contributed by atoms with Crippen molar-refractivity contribution in [1.29, 1.82) is 0 Å². The Kier molecular flexibility index (Phi) is 6.76. The van der Waals surface area contributed by atoms with Gasteiger partial charge in [0.05, 0.1) is 25.2 Å². The Bertz CT molecular complexity index is 822. The second kappa shape index (κ2) is 9.02. The average molecular weight is 372 g/mol. The van der Waals surface area contributed by atoms with E-state index in [1.807, 2.05) is 25.1 Å². The molecule has 0 unspecified atom stereocenters. The van der Waals surface area contributed by atoms with Gasteiger partial charge >= 0.3 is 0 Å². The Morgan fingerprint density at radius 3 is 2.48 bits per heavy atom. The minimum absolute atomic E-state index is 0.0190. The van der Waals surface area contributed by atoms with Crippen molar-refractivity contribution in [3.63, 3.8) is 0 Å². The maximum atomic E-state index is 12.6. The lowest BCUT2D eigenvalue weighted by Gasteiger charge is -2.25. The first-order valence-corrected chi connectivity index (χ1v) is 8.58. The summed E-state index contributed by atoms with van der Waals surface area (Å²) in [5.74, 6) is 1.23. The Balaban J connectivity index is 2.03. The Labute approximate surface area is 158 Å². The van der Waals surface area contributed by atoms with Crippen LogP contribution in [0.25, 0.3) is 0 Å². The van der Waals surface area contributed by atoms with E-state index < -0.39 is 4.92 Å². The number of carbonyl (C=O) groups excluding carboxylic acids is 1. The zero-order valence-corrected chi connectivity index (χ0v) is 16.0. The predicted octanol–water partition coefficient (Wildman–Crippen LogP) is 3.76. The highest BCUT2D eigenvalue weighted by Crippen LogP contribution is 2.28. The van der Waals surface area contributed by atoms with Crippen LogP contribution in [-0.4, -0.2) is 37.0 Å². The fourth-order valence-corrected chi connectivity index (χ4v) is 2.80. The molecule has 0 radical (unpaired) electrons. The van der Waals surface area contributed by atoms with Crippen molar-refractivity contribution < 1.29 is 19.2 Å². The third kappa shape index (κ3) is 4.97. The molecular weight excluding hydrogens is 348 g/mol. The zero-order chi connectivity index (χ0) is 20.0. The highest BCUT2D eigenvalue weighted by molar-refractivity contribution is 5.76. The van der Waals surface area contributed by atoms with Gasteiger partial charge < -0.3 is 14.4 Å². The molecule has 2 aromatic rings. The van der Waals surface area contributed by atoms with Gasteiger partial charge in [0.15, 0.2) is 11.5 Å². The van der Waals surface area contributed by atoms with E-state index in [1.54, 1.807) is 38.3 Å². The largest absolute Gasteiger partial charge is 0.493 e. The third-order valence-corrected chi connectivity index (χ3v) is 4.61. The summed E-state index contributed by atoms with van der Waals surface area (Å²) < 4.78 is 10.5. The molecule has 0 aromatic heterocycles. The zero-order valence-electron chi connectivity index (χ0n) is 16.0. The monoisotopic (exact) mass is 372 g/mol. The van der Waals surface area contributed by atoms with Gasteiger partial charge in [-0.05, 0) is 36.6 Å². The van der Waals surface area contributed by atoms with E-state index in [4.69, 9.17) is 9.47 Å². The van der Waals surface area contributed by atoms with Crippen LogP contribution in [0.3, 0.4) is 0 Å². The van der Waals surface area contributed by atoms with Gasteiger partial charge in [0.1, 0.15) is 0 Å². The molecule has 0 heterocycles. The van der Waals surface area contributed by atoms with E-state index in [0.717, 1.165) is 11.1 Å². The summed E-state index contributed by atoms with van der Waals surface area (Å²) in [6.45, 7) is 1.85.